The Morgan fingerprint density at radius 2 is 2.00 bits per heavy atom. The van der Waals surface area contributed by atoms with Crippen LogP contribution in [0.3, 0.4) is 0 Å². The lowest BCUT2D eigenvalue weighted by molar-refractivity contribution is -0.130. The van der Waals surface area contributed by atoms with E-state index >= 15 is 0 Å². The van der Waals surface area contributed by atoms with Gasteiger partial charge in [-0.2, -0.15) is 0 Å². The predicted octanol–water partition coefficient (Wildman–Crippen LogP) is 3.29. The van der Waals surface area contributed by atoms with Crippen molar-refractivity contribution in [3.8, 4) is 5.75 Å². The highest BCUT2D eigenvalue weighted by molar-refractivity contribution is 5.89. The van der Waals surface area contributed by atoms with Crippen LogP contribution in [0, 0.1) is 0 Å². The minimum atomic E-state index is -0.307. The molecule has 0 N–H and O–H groups in total. The Morgan fingerprint density at radius 1 is 1.38 bits per heavy atom. The molecule has 2 nitrogen and oxygen atoms in total. The van der Waals surface area contributed by atoms with E-state index in [-0.39, 0.29) is 5.97 Å². The number of esters is 1. The molecule has 0 aliphatic heterocycles. The van der Waals surface area contributed by atoms with Crippen molar-refractivity contribution in [2.75, 3.05) is 0 Å². The lowest BCUT2D eigenvalue weighted by atomic mass is 10.1. The summed E-state index contributed by atoms with van der Waals surface area (Å²) in [5.41, 5.74) is 1.76. The van der Waals surface area contributed by atoms with Crippen LogP contribution < -0.4 is 4.74 Å². The fraction of sp³-hybridized carbons (Fsp3) is 0.214. The molecular weight excluding hydrogens is 200 g/mol. The van der Waals surface area contributed by atoms with Crippen LogP contribution in [0.1, 0.15) is 19.4 Å². The van der Waals surface area contributed by atoms with Crippen LogP contribution in [0.4, 0.5) is 0 Å². The van der Waals surface area contributed by atoms with Crippen LogP contribution in [-0.2, 0) is 11.2 Å². The first kappa shape index (κ1) is 12.2. The number of rotatable bonds is 4. The molecule has 0 radical (unpaired) electrons. The molecule has 1 aromatic carbocycles. The summed E-state index contributed by atoms with van der Waals surface area (Å²) in [6.45, 7) is 7.21. The van der Waals surface area contributed by atoms with E-state index in [9.17, 15) is 4.79 Å². The van der Waals surface area contributed by atoms with E-state index < -0.39 is 0 Å². The number of carbonyl (C=O) groups is 1. The Labute approximate surface area is 96.2 Å². The van der Waals surface area contributed by atoms with Gasteiger partial charge in [-0.05, 0) is 38.0 Å². The molecule has 0 aliphatic rings. The van der Waals surface area contributed by atoms with Crippen LogP contribution >= 0.6 is 0 Å². The highest BCUT2D eigenvalue weighted by Crippen LogP contribution is 2.14. The van der Waals surface area contributed by atoms with E-state index in [1.54, 1.807) is 25.1 Å². The van der Waals surface area contributed by atoms with Crippen molar-refractivity contribution < 1.29 is 9.53 Å². The van der Waals surface area contributed by atoms with Crippen LogP contribution in [-0.4, -0.2) is 5.97 Å². The summed E-state index contributed by atoms with van der Waals surface area (Å²) in [4.78, 5) is 11.4. The SMILES string of the molecule is C=CCc1ccc(OC(=O)C(C)=CC)cc1. The summed E-state index contributed by atoms with van der Waals surface area (Å²) in [7, 11) is 0. The molecule has 0 unspecified atom stereocenters. The molecule has 0 aliphatic carbocycles. The molecule has 0 atom stereocenters. The van der Waals surface area contributed by atoms with Gasteiger partial charge in [0, 0.05) is 5.57 Å². The van der Waals surface area contributed by atoms with Crippen molar-refractivity contribution in [1.82, 2.24) is 0 Å². The fourth-order valence-corrected chi connectivity index (χ4v) is 1.17. The van der Waals surface area contributed by atoms with E-state index in [4.69, 9.17) is 4.74 Å². The first-order chi connectivity index (χ1) is 7.67. The second-order valence-corrected chi connectivity index (χ2v) is 3.50. The minimum Gasteiger partial charge on any atom is -0.423 e. The third-order valence-corrected chi connectivity index (χ3v) is 2.27. The van der Waals surface area contributed by atoms with E-state index in [0.29, 0.717) is 11.3 Å². The summed E-state index contributed by atoms with van der Waals surface area (Å²) < 4.78 is 5.17. The molecule has 0 heterocycles. The Hall–Kier alpha value is -1.83. The first-order valence-electron chi connectivity index (χ1n) is 5.22. The lowest BCUT2D eigenvalue weighted by Gasteiger charge is -2.04. The van der Waals surface area contributed by atoms with Crippen LogP contribution in [0.5, 0.6) is 5.75 Å². The van der Waals surface area contributed by atoms with Gasteiger partial charge in [0.2, 0.25) is 0 Å². The van der Waals surface area contributed by atoms with Gasteiger partial charge in [-0.1, -0.05) is 24.3 Å². The minimum absolute atomic E-state index is 0.307. The second-order valence-electron chi connectivity index (χ2n) is 3.50. The fourth-order valence-electron chi connectivity index (χ4n) is 1.17. The van der Waals surface area contributed by atoms with Crippen molar-refractivity contribution in [1.29, 1.82) is 0 Å². The van der Waals surface area contributed by atoms with E-state index in [0.717, 1.165) is 12.0 Å². The molecule has 0 amide bonds. The number of allylic oxidation sites excluding steroid dienone is 2. The molecule has 0 bridgehead atoms. The summed E-state index contributed by atoms with van der Waals surface area (Å²) in [6, 6.07) is 7.43. The van der Waals surface area contributed by atoms with E-state index in [2.05, 4.69) is 6.58 Å². The van der Waals surface area contributed by atoms with Crippen molar-refractivity contribution in [2.24, 2.45) is 0 Å². The van der Waals surface area contributed by atoms with Gasteiger partial charge in [-0.15, -0.1) is 6.58 Å². The molecule has 2 heteroatoms. The van der Waals surface area contributed by atoms with Crippen molar-refractivity contribution in [2.45, 2.75) is 20.3 Å². The Bertz CT molecular complexity index is 399. The molecular formula is C14H16O2. The van der Waals surface area contributed by atoms with Crippen molar-refractivity contribution >= 4 is 5.97 Å². The average Bonchev–Trinajstić information content (AvgIpc) is 2.31. The lowest BCUT2D eigenvalue weighted by Crippen LogP contribution is -2.08. The van der Waals surface area contributed by atoms with Crippen LogP contribution in [0.15, 0.2) is 48.6 Å². The zero-order valence-electron chi connectivity index (χ0n) is 9.69. The van der Waals surface area contributed by atoms with Crippen LogP contribution in [0.2, 0.25) is 0 Å². The number of hydrogen-bond donors (Lipinski definition) is 0. The van der Waals surface area contributed by atoms with Crippen molar-refractivity contribution in [3.05, 3.63) is 54.1 Å². The number of ether oxygens (including phenoxy) is 1. The molecule has 16 heavy (non-hydrogen) atoms. The third kappa shape index (κ3) is 3.39. The monoisotopic (exact) mass is 216 g/mol. The predicted molar refractivity (Wildman–Crippen MR) is 65.4 cm³/mol. The van der Waals surface area contributed by atoms with Crippen molar-refractivity contribution in [3.63, 3.8) is 0 Å². The summed E-state index contributed by atoms with van der Waals surface area (Å²) in [6.07, 6.45) is 4.39. The first-order valence-corrected chi connectivity index (χ1v) is 5.22. The Balaban J connectivity index is 2.68. The Kier molecular flexibility index (Phi) is 4.52. The molecule has 0 saturated heterocycles. The van der Waals surface area contributed by atoms with Gasteiger partial charge in [0.15, 0.2) is 0 Å². The molecule has 0 aromatic heterocycles. The van der Waals surface area contributed by atoms with Gasteiger partial charge >= 0.3 is 5.97 Å². The average molecular weight is 216 g/mol. The molecule has 84 valence electrons. The zero-order chi connectivity index (χ0) is 12.0. The molecule has 0 fully saturated rings. The quantitative estimate of drug-likeness (QED) is 0.334. The molecule has 1 rings (SSSR count). The van der Waals surface area contributed by atoms with Gasteiger partial charge in [-0.3, -0.25) is 0 Å². The summed E-state index contributed by atoms with van der Waals surface area (Å²) >= 11 is 0. The maximum absolute atomic E-state index is 11.4. The van der Waals surface area contributed by atoms with Gasteiger partial charge in [-0.25, -0.2) is 4.79 Å². The van der Waals surface area contributed by atoms with Gasteiger partial charge < -0.3 is 4.74 Å². The topological polar surface area (TPSA) is 26.3 Å². The van der Waals surface area contributed by atoms with Crippen LogP contribution in [0.25, 0.3) is 0 Å². The molecule has 0 spiro atoms. The summed E-state index contributed by atoms with van der Waals surface area (Å²) in [5, 5.41) is 0. The third-order valence-electron chi connectivity index (χ3n) is 2.27. The largest absolute Gasteiger partial charge is 0.423 e. The Morgan fingerprint density at radius 3 is 2.50 bits per heavy atom. The highest BCUT2D eigenvalue weighted by Gasteiger charge is 2.05. The normalized spacial score (nSPS) is 11.0. The maximum Gasteiger partial charge on any atom is 0.338 e. The number of benzene rings is 1. The standard InChI is InChI=1S/C14H16O2/c1-4-6-12-7-9-13(10-8-12)16-14(15)11(3)5-2/h4-5,7-10H,1,6H2,2-3H3. The number of carbonyl (C=O) groups excluding carboxylic acids is 1. The van der Waals surface area contributed by atoms with Gasteiger partial charge in [0.05, 0.1) is 0 Å². The molecule has 1 aromatic rings. The smallest absolute Gasteiger partial charge is 0.338 e. The summed E-state index contributed by atoms with van der Waals surface area (Å²) in [5.74, 6) is 0.262. The van der Waals surface area contributed by atoms with E-state index in [1.165, 1.54) is 0 Å². The molecule has 0 saturated carbocycles. The van der Waals surface area contributed by atoms with E-state index in [1.807, 2.05) is 25.1 Å². The van der Waals surface area contributed by atoms with Gasteiger partial charge in [0.25, 0.3) is 0 Å². The highest BCUT2D eigenvalue weighted by atomic mass is 16.5. The van der Waals surface area contributed by atoms with Gasteiger partial charge in [0.1, 0.15) is 5.75 Å². The maximum atomic E-state index is 11.4. The zero-order valence-corrected chi connectivity index (χ0v) is 9.69. The number of hydrogen-bond acceptors (Lipinski definition) is 2. The second kappa shape index (κ2) is 5.91.